The van der Waals surface area contributed by atoms with Gasteiger partial charge in [-0.15, -0.1) is 0 Å². The van der Waals surface area contributed by atoms with E-state index >= 15 is 0 Å². The lowest BCUT2D eigenvalue weighted by molar-refractivity contribution is -0.384. The van der Waals surface area contributed by atoms with Crippen LogP contribution < -0.4 is 5.32 Å². The van der Waals surface area contributed by atoms with Crippen molar-refractivity contribution in [3.8, 4) is 0 Å². The quantitative estimate of drug-likeness (QED) is 0.499. The molecule has 0 aliphatic carbocycles. The second-order valence-electron chi connectivity index (χ2n) is 6.57. The van der Waals surface area contributed by atoms with Gasteiger partial charge in [-0.2, -0.15) is 0 Å². The zero-order valence-electron chi connectivity index (χ0n) is 13.5. The van der Waals surface area contributed by atoms with Crippen molar-refractivity contribution in [1.82, 2.24) is 5.32 Å². The fraction of sp³-hybridized carbons (Fsp3) is 0.235. The van der Waals surface area contributed by atoms with Gasteiger partial charge in [0.05, 0.1) is 16.9 Å². The van der Waals surface area contributed by atoms with E-state index in [2.05, 4.69) is 5.32 Å². The molecule has 8 heteroatoms. The number of carboxylic acid groups (broad SMARTS) is 1. The lowest BCUT2D eigenvalue weighted by Gasteiger charge is -2.27. The SMILES string of the molecule is CC(C)(CC(=O)O)c1ccc2c3c(cc([N+](=O)[O-])cc13)C(=O)NC2=O. The lowest BCUT2D eigenvalue weighted by Crippen LogP contribution is -2.35. The number of hydrogen-bond donors (Lipinski definition) is 2. The van der Waals surface area contributed by atoms with E-state index in [0.717, 1.165) is 6.07 Å². The van der Waals surface area contributed by atoms with Crippen LogP contribution >= 0.6 is 0 Å². The normalized spacial score (nSPS) is 13.7. The van der Waals surface area contributed by atoms with Gasteiger partial charge in [-0.05, 0) is 17.0 Å². The molecule has 0 atom stereocenters. The van der Waals surface area contributed by atoms with Crippen molar-refractivity contribution in [3.63, 3.8) is 0 Å². The number of nitrogens with zero attached hydrogens (tertiary/aromatic N) is 1. The number of non-ortho nitro benzene ring substituents is 1. The predicted octanol–water partition coefficient (Wildman–Crippen LogP) is 2.38. The molecular formula is C17H14N2O6. The monoisotopic (exact) mass is 342 g/mol. The predicted molar refractivity (Wildman–Crippen MR) is 87.7 cm³/mol. The molecule has 0 saturated carbocycles. The van der Waals surface area contributed by atoms with Gasteiger partial charge in [0.2, 0.25) is 0 Å². The number of carbonyl (C=O) groups is 3. The Bertz CT molecular complexity index is 977. The molecule has 0 aromatic heterocycles. The number of nitro groups is 1. The van der Waals surface area contributed by atoms with Gasteiger partial charge in [0, 0.05) is 28.5 Å². The van der Waals surface area contributed by atoms with Gasteiger partial charge in [0.1, 0.15) is 0 Å². The van der Waals surface area contributed by atoms with Gasteiger partial charge in [-0.1, -0.05) is 19.9 Å². The zero-order valence-corrected chi connectivity index (χ0v) is 13.5. The smallest absolute Gasteiger partial charge is 0.304 e. The van der Waals surface area contributed by atoms with Gasteiger partial charge in [0.25, 0.3) is 17.5 Å². The zero-order chi connectivity index (χ0) is 18.5. The Morgan fingerprint density at radius 2 is 1.84 bits per heavy atom. The molecule has 0 bridgehead atoms. The number of imide groups is 1. The second kappa shape index (κ2) is 5.37. The fourth-order valence-corrected chi connectivity index (χ4v) is 3.24. The maximum absolute atomic E-state index is 12.1. The third-order valence-electron chi connectivity index (χ3n) is 4.35. The highest BCUT2D eigenvalue weighted by Crippen LogP contribution is 2.39. The summed E-state index contributed by atoms with van der Waals surface area (Å²) >= 11 is 0. The lowest BCUT2D eigenvalue weighted by atomic mass is 9.77. The minimum Gasteiger partial charge on any atom is -0.481 e. The van der Waals surface area contributed by atoms with E-state index in [-0.39, 0.29) is 23.2 Å². The van der Waals surface area contributed by atoms with Crippen molar-refractivity contribution in [3.05, 3.63) is 51.1 Å². The molecule has 0 unspecified atom stereocenters. The van der Waals surface area contributed by atoms with Crippen LogP contribution in [0.4, 0.5) is 5.69 Å². The minimum atomic E-state index is -1.02. The number of benzene rings is 2. The number of rotatable bonds is 4. The maximum atomic E-state index is 12.1. The van der Waals surface area contributed by atoms with E-state index < -0.39 is 28.1 Å². The van der Waals surface area contributed by atoms with Crippen LogP contribution in [0.25, 0.3) is 10.8 Å². The molecule has 1 aliphatic heterocycles. The van der Waals surface area contributed by atoms with Gasteiger partial charge >= 0.3 is 5.97 Å². The average Bonchev–Trinajstić information content (AvgIpc) is 2.49. The highest BCUT2D eigenvalue weighted by atomic mass is 16.6. The van der Waals surface area contributed by atoms with Crippen molar-refractivity contribution in [2.75, 3.05) is 0 Å². The molecule has 2 aromatic rings. The van der Waals surface area contributed by atoms with E-state index in [1.54, 1.807) is 19.9 Å². The summed E-state index contributed by atoms with van der Waals surface area (Å²) in [5, 5.41) is 23.2. The summed E-state index contributed by atoms with van der Waals surface area (Å²) in [6.07, 6.45) is -0.209. The van der Waals surface area contributed by atoms with E-state index in [4.69, 9.17) is 5.11 Å². The molecule has 0 fully saturated rings. The van der Waals surface area contributed by atoms with Crippen molar-refractivity contribution in [2.45, 2.75) is 25.7 Å². The molecule has 2 amide bonds. The first-order valence-corrected chi connectivity index (χ1v) is 7.45. The number of amides is 2. The maximum Gasteiger partial charge on any atom is 0.304 e. The van der Waals surface area contributed by atoms with Crippen LogP contribution in [-0.4, -0.2) is 27.8 Å². The van der Waals surface area contributed by atoms with E-state index in [0.29, 0.717) is 16.3 Å². The summed E-state index contributed by atoms with van der Waals surface area (Å²) < 4.78 is 0. The number of nitro benzene ring substituents is 1. The first kappa shape index (κ1) is 16.6. The van der Waals surface area contributed by atoms with Gasteiger partial charge in [-0.25, -0.2) is 0 Å². The average molecular weight is 342 g/mol. The van der Waals surface area contributed by atoms with E-state index in [1.165, 1.54) is 12.1 Å². The molecule has 128 valence electrons. The van der Waals surface area contributed by atoms with Crippen molar-refractivity contribution in [1.29, 1.82) is 0 Å². The summed E-state index contributed by atoms with van der Waals surface area (Å²) in [6, 6.07) is 5.51. The number of carbonyl (C=O) groups excluding carboxylic acids is 2. The van der Waals surface area contributed by atoms with Gasteiger partial charge in [-0.3, -0.25) is 29.8 Å². The first-order chi connectivity index (χ1) is 11.6. The molecule has 0 saturated heterocycles. The Morgan fingerprint density at radius 3 is 2.44 bits per heavy atom. The van der Waals surface area contributed by atoms with Crippen LogP contribution in [0.2, 0.25) is 0 Å². The first-order valence-electron chi connectivity index (χ1n) is 7.45. The van der Waals surface area contributed by atoms with Gasteiger partial charge < -0.3 is 5.11 Å². The number of aliphatic carboxylic acids is 1. The van der Waals surface area contributed by atoms with E-state index in [1.807, 2.05) is 0 Å². The third kappa shape index (κ3) is 2.61. The number of carboxylic acids is 1. The van der Waals surface area contributed by atoms with Crippen LogP contribution in [-0.2, 0) is 10.2 Å². The van der Waals surface area contributed by atoms with Crippen molar-refractivity contribution in [2.24, 2.45) is 0 Å². The molecule has 0 radical (unpaired) electrons. The van der Waals surface area contributed by atoms with Gasteiger partial charge in [0.15, 0.2) is 0 Å². The Balaban J connectivity index is 2.43. The summed E-state index contributed by atoms with van der Waals surface area (Å²) in [4.78, 5) is 46.0. The Labute approximate surface area is 141 Å². The molecule has 25 heavy (non-hydrogen) atoms. The van der Waals surface area contributed by atoms with Crippen LogP contribution in [0.5, 0.6) is 0 Å². The van der Waals surface area contributed by atoms with Crippen LogP contribution in [0.15, 0.2) is 24.3 Å². The van der Waals surface area contributed by atoms with E-state index in [9.17, 15) is 24.5 Å². The molecule has 8 nitrogen and oxygen atoms in total. The highest BCUT2D eigenvalue weighted by Gasteiger charge is 2.32. The molecular weight excluding hydrogens is 328 g/mol. The van der Waals surface area contributed by atoms with Crippen LogP contribution in [0.1, 0.15) is 46.5 Å². The largest absolute Gasteiger partial charge is 0.481 e. The molecule has 2 N–H and O–H groups in total. The Hall–Kier alpha value is -3.29. The molecule has 1 aliphatic rings. The summed E-state index contributed by atoms with van der Waals surface area (Å²) in [5.41, 5.74) is -0.354. The molecule has 3 rings (SSSR count). The molecule has 2 aromatic carbocycles. The van der Waals surface area contributed by atoms with Crippen LogP contribution in [0, 0.1) is 10.1 Å². The molecule has 1 heterocycles. The van der Waals surface area contributed by atoms with Crippen molar-refractivity contribution >= 4 is 34.2 Å². The summed E-state index contributed by atoms with van der Waals surface area (Å²) in [7, 11) is 0. The van der Waals surface area contributed by atoms with Crippen LogP contribution in [0.3, 0.4) is 0 Å². The highest BCUT2D eigenvalue weighted by molar-refractivity contribution is 6.26. The minimum absolute atomic E-state index is 0.0341. The second-order valence-corrected chi connectivity index (χ2v) is 6.57. The Morgan fingerprint density at radius 1 is 1.20 bits per heavy atom. The summed E-state index contributed by atoms with van der Waals surface area (Å²) in [6.45, 7) is 3.39. The van der Waals surface area contributed by atoms with Crippen molar-refractivity contribution < 1.29 is 24.4 Å². The number of hydrogen-bond acceptors (Lipinski definition) is 5. The summed E-state index contributed by atoms with van der Waals surface area (Å²) in [5.74, 6) is -2.31. The molecule has 0 spiro atoms. The topological polar surface area (TPSA) is 127 Å². The Kier molecular flexibility index (Phi) is 3.56. The number of nitrogens with one attached hydrogen (secondary N) is 1. The standard InChI is InChI=1S/C17H14N2O6/c1-17(2,7-13(20)21)12-4-3-9-14-10(12)5-8(19(24)25)6-11(14)16(23)18-15(9)22/h3-6H,7H2,1-2H3,(H,20,21)(H,18,22,23). The fourth-order valence-electron chi connectivity index (χ4n) is 3.24. The third-order valence-corrected chi connectivity index (χ3v) is 4.35.